The molecule has 160 valence electrons. The van der Waals surface area contributed by atoms with Gasteiger partial charge in [0.15, 0.2) is 5.78 Å². The normalized spacial score (nSPS) is 17.2. The van der Waals surface area contributed by atoms with Gasteiger partial charge in [-0.15, -0.1) is 0 Å². The minimum absolute atomic E-state index is 0.0411. The molecule has 0 radical (unpaired) electrons. The van der Waals surface area contributed by atoms with E-state index in [1.54, 1.807) is 58.8 Å². The molecular weight excluding hydrogens is 396 g/mol. The average Bonchev–Trinajstić information content (AvgIpc) is 3.10. The summed E-state index contributed by atoms with van der Waals surface area (Å²) >= 11 is 0. The summed E-state index contributed by atoms with van der Waals surface area (Å²) in [7, 11) is 6.29. The van der Waals surface area contributed by atoms with Gasteiger partial charge < -0.3 is 24.1 Å². The molecule has 0 saturated heterocycles. The van der Waals surface area contributed by atoms with E-state index in [1.165, 1.54) is 0 Å². The van der Waals surface area contributed by atoms with Crippen LogP contribution in [-0.2, 0) is 0 Å². The van der Waals surface area contributed by atoms with Gasteiger partial charge in [-0.1, -0.05) is 12.1 Å². The van der Waals surface area contributed by atoms with Crippen molar-refractivity contribution in [2.45, 2.75) is 11.8 Å². The molecule has 1 aliphatic carbocycles. The Morgan fingerprint density at radius 1 is 0.677 bits per heavy atom. The second-order valence-electron chi connectivity index (χ2n) is 7.35. The molecule has 0 spiro atoms. The Morgan fingerprint density at radius 3 is 1.81 bits per heavy atom. The Labute approximate surface area is 181 Å². The van der Waals surface area contributed by atoms with Crippen molar-refractivity contribution >= 4 is 5.78 Å². The van der Waals surface area contributed by atoms with Gasteiger partial charge in [0.2, 0.25) is 0 Å². The van der Waals surface area contributed by atoms with E-state index in [4.69, 9.17) is 18.9 Å². The number of phenolic OH excluding ortho intramolecular Hbond substituents is 1. The minimum Gasteiger partial charge on any atom is -0.508 e. The predicted octanol–water partition coefficient (Wildman–Crippen LogP) is 4.54. The van der Waals surface area contributed by atoms with Gasteiger partial charge >= 0.3 is 0 Å². The Balaban J connectivity index is 1.98. The van der Waals surface area contributed by atoms with Crippen LogP contribution >= 0.6 is 0 Å². The molecule has 1 aliphatic rings. The standard InChI is InChI=1S/C25H24O6/c1-28-17-9-15(10-18(11-17)29-2)23-22(14-5-7-16(26)8-6-14)24-20(25(23)27)12-19(30-3)13-21(24)31-4/h5-13,22-23,26H,1-4H3/t22-,23-/m0/s1. The third kappa shape index (κ3) is 3.54. The van der Waals surface area contributed by atoms with E-state index in [0.29, 0.717) is 28.6 Å². The zero-order valence-electron chi connectivity index (χ0n) is 17.8. The lowest BCUT2D eigenvalue weighted by Gasteiger charge is -2.22. The molecule has 0 saturated carbocycles. The molecule has 3 aromatic carbocycles. The molecule has 4 rings (SSSR count). The number of hydrogen-bond donors (Lipinski definition) is 1. The van der Waals surface area contributed by atoms with Crippen LogP contribution in [0.5, 0.6) is 28.7 Å². The van der Waals surface area contributed by atoms with Crippen LogP contribution in [0, 0.1) is 0 Å². The minimum atomic E-state index is -0.524. The lowest BCUT2D eigenvalue weighted by molar-refractivity contribution is 0.0968. The van der Waals surface area contributed by atoms with Gasteiger partial charge in [-0.2, -0.15) is 0 Å². The van der Waals surface area contributed by atoms with Gasteiger partial charge in [-0.3, -0.25) is 4.79 Å². The van der Waals surface area contributed by atoms with Gasteiger partial charge in [-0.25, -0.2) is 0 Å². The number of phenols is 1. The number of carbonyl (C=O) groups is 1. The van der Waals surface area contributed by atoms with E-state index >= 15 is 0 Å². The Morgan fingerprint density at radius 2 is 1.26 bits per heavy atom. The number of fused-ring (bicyclic) bond motifs is 1. The molecule has 6 nitrogen and oxygen atoms in total. The maximum Gasteiger partial charge on any atom is 0.171 e. The van der Waals surface area contributed by atoms with E-state index in [0.717, 1.165) is 16.7 Å². The fourth-order valence-corrected chi connectivity index (χ4v) is 4.29. The van der Waals surface area contributed by atoms with Crippen LogP contribution in [0.25, 0.3) is 0 Å². The second-order valence-corrected chi connectivity index (χ2v) is 7.35. The lowest BCUT2D eigenvalue weighted by atomic mass is 9.81. The van der Waals surface area contributed by atoms with Gasteiger partial charge in [0.05, 0.1) is 34.4 Å². The molecule has 0 bridgehead atoms. The van der Waals surface area contributed by atoms with Crippen molar-refractivity contribution in [2.75, 3.05) is 28.4 Å². The quantitative estimate of drug-likeness (QED) is 0.631. The highest BCUT2D eigenvalue weighted by Gasteiger charge is 2.44. The molecule has 0 aromatic heterocycles. The molecular formula is C25H24O6. The Bertz CT molecular complexity index is 1100. The average molecular weight is 420 g/mol. The Kier molecular flexibility index (Phi) is 5.46. The van der Waals surface area contributed by atoms with Crippen molar-refractivity contribution < 1.29 is 28.8 Å². The zero-order chi connectivity index (χ0) is 22.1. The summed E-state index contributed by atoms with van der Waals surface area (Å²) in [6.07, 6.45) is 0. The topological polar surface area (TPSA) is 74.2 Å². The van der Waals surface area contributed by atoms with Crippen molar-refractivity contribution in [3.8, 4) is 28.7 Å². The van der Waals surface area contributed by atoms with Crippen LogP contribution in [-0.4, -0.2) is 39.3 Å². The highest BCUT2D eigenvalue weighted by Crippen LogP contribution is 2.53. The number of carbonyl (C=O) groups excluding carboxylic acids is 1. The van der Waals surface area contributed by atoms with Gasteiger partial charge in [0, 0.05) is 29.2 Å². The number of methoxy groups -OCH3 is 4. The van der Waals surface area contributed by atoms with Crippen molar-refractivity contribution in [2.24, 2.45) is 0 Å². The van der Waals surface area contributed by atoms with E-state index < -0.39 is 5.92 Å². The first-order chi connectivity index (χ1) is 15.0. The number of Topliss-reactive ketones (excluding diaryl/α,β-unsaturated/α-hetero) is 1. The largest absolute Gasteiger partial charge is 0.508 e. The van der Waals surface area contributed by atoms with Crippen molar-refractivity contribution in [3.05, 3.63) is 76.9 Å². The summed E-state index contributed by atoms with van der Waals surface area (Å²) in [6.45, 7) is 0. The fourth-order valence-electron chi connectivity index (χ4n) is 4.29. The summed E-state index contributed by atoms with van der Waals surface area (Å²) < 4.78 is 21.9. The Hall–Kier alpha value is -3.67. The van der Waals surface area contributed by atoms with Crippen LogP contribution < -0.4 is 18.9 Å². The summed E-state index contributed by atoms with van der Waals surface area (Å²) in [5.74, 6) is 1.62. The summed E-state index contributed by atoms with van der Waals surface area (Å²) in [5.41, 5.74) is 3.02. The van der Waals surface area contributed by atoms with Gasteiger partial charge in [-0.05, 0) is 41.5 Å². The van der Waals surface area contributed by atoms with Crippen LogP contribution in [0.15, 0.2) is 54.6 Å². The van der Waals surface area contributed by atoms with Crippen LogP contribution in [0.4, 0.5) is 0 Å². The SMILES string of the molecule is COc1cc(OC)cc([C@@H]2C(=O)c3cc(OC)cc(OC)c3[C@H]2c2ccc(O)cc2)c1. The highest BCUT2D eigenvalue weighted by molar-refractivity contribution is 6.08. The van der Waals surface area contributed by atoms with Crippen molar-refractivity contribution in [1.82, 2.24) is 0 Å². The molecule has 3 aromatic rings. The number of ether oxygens (including phenoxy) is 4. The molecule has 2 atom stereocenters. The number of aromatic hydroxyl groups is 1. The number of benzene rings is 3. The fraction of sp³-hybridized carbons (Fsp3) is 0.240. The van der Waals surface area contributed by atoms with Crippen LogP contribution in [0.3, 0.4) is 0 Å². The molecule has 0 unspecified atom stereocenters. The first kappa shape index (κ1) is 20.6. The van der Waals surface area contributed by atoms with E-state index in [-0.39, 0.29) is 17.5 Å². The molecule has 0 fully saturated rings. The zero-order valence-corrected chi connectivity index (χ0v) is 17.8. The third-order valence-electron chi connectivity index (χ3n) is 5.75. The van der Waals surface area contributed by atoms with E-state index in [2.05, 4.69) is 0 Å². The smallest absolute Gasteiger partial charge is 0.171 e. The molecule has 1 N–H and O–H groups in total. The summed E-state index contributed by atoms with van der Waals surface area (Å²) in [5, 5.41) is 9.79. The third-order valence-corrected chi connectivity index (χ3v) is 5.75. The molecule has 6 heteroatoms. The van der Waals surface area contributed by atoms with Crippen molar-refractivity contribution in [1.29, 1.82) is 0 Å². The second kappa shape index (κ2) is 8.22. The van der Waals surface area contributed by atoms with Crippen molar-refractivity contribution in [3.63, 3.8) is 0 Å². The van der Waals surface area contributed by atoms with E-state index in [9.17, 15) is 9.90 Å². The monoisotopic (exact) mass is 420 g/mol. The van der Waals surface area contributed by atoms with E-state index in [1.807, 2.05) is 24.3 Å². The maximum atomic E-state index is 13.7. The molecule has 31 heavy (non-hydrogen) atoms. The molecule has 0 heterocycles. The van der Waals surface area contributed by atoms with Crippen LogP contribution in [0.2, 0.25) is 0 Å². The highest BCUT2D eigenvalue weighted by atomic mass is 16.5. The van der Waals surface area contributed by atoms with Gasteiger partial charge in [0.1, 0.15) is 28.7 Å². The maximum absolute atomic E-state index is 13.7. The number of ketones is 1. The first-order valence-electron chi connectivity index (χ1n) is 9.82. The summed E-state index contributed by atoms with van der Waals surface area (Å²) in [6, 6.07) is 15.9. The van der Waals surface area contributed by atoms with Crippen LogP contribution in [0.1, 0.15) is 38.9 Å². The predicted molar refractivity (Wildman–Crippen MR) is 116 cm³/mol. The number of rotatable bonds is 6. The molecule has 0 amide bonds. The van der Waals surface area contributed by atoms with Gasteiger partial charge in [0.25, 0.3) is 0 Å². The number of hydrogen-bond acceptors (Lipinski definition) is 6. The molecule has 0 aliphatic heterocycles. The lowest BCUT2D eigenvalue weighted by Crippen LogP contribution is -2.13. The summed E-state index contributed by atoms with van der Waals surface area (Å²) in [4.78, 5) is 13.7. The first-order valence-corrected chi connectivity index (χ1v) is 9.82.